The number of rotatable bonds is 16. The molecule has 1 amide bonds. The molecule has 0 aromatic heterocycles. The third-order valence-corrected chi connectivity index (χ3v) is 6.79. The van der Waals surface area contributed by atoms with Gasteiger partial charge in [-0.2, -0.15) is 13.2 Å². The normalized spacial score (nSPS) is 14.7. The van der Waals surface area contributed by atoms with Crippen molar-refractivity contribution in [3.8, 4) is 11.5 Å². The van der Waals surface area contributed by atoms with Crippen LogP contribution in [0.4, 0.5) is 13.2 Å². The van der Waals surface area contributed by atoms with Gasteiger partial charge < -0.3 is 19.7 Å². The van der Waals surface area contributed by atoms with E-state index in [1.54, 1.807) is 43.5 Å². The van der Waals surface area contributed by atoms with E-state index in [-0.39, 0.29) is 30.8 Å². The molecule has 0 radical (unpaired) electrons. The molecule has 0 aliphatic carbocycles. The van der Waals surface area contributed by atoms with Gasteiger partial charge in [0.2, 0.25) is 5.91 Å². The van der Waals surface area contributed by atoms with E-state index in [1.807, 2.05) is 12.1 Å². The molecule has 2 aromatic carbocycles. The van der Waals surface area contributed by atoms with E-state index < -0.39 is 12.6 Å². The Morgan fingerprint density at radius 1 is 0.923 bits per heavy atom. The average molecular weight is 549 g/mol. The minimum Gasteiger partial charge on any atom is -0.497 e. The third-order valence-electron chi connectivity index (χ3n) is 6.79. The van der Waals surface area contributed by atoms with Crippen molar-refractivity contribution in [3.05, 3.63) is 59.7 Å². The quantitative estimate of drug-likeness (QED) is 0.206. The number of ketones is 1. The monoisotopic (exact) mass is 548 g/mol. The van der Waals surface area contributed by atoms with Gasteiger partial charge in [-0.25, -0.2) is 0 Å². The zero-order valence-corrected chi connectivity index (χ0v) is 22.6. The Labute approximate surface area is 228 Å². The Kier molecular flexibility index (Phi) is 12.1. The second kappa shape index (κ2) is 15.5. The fourth-order valence-electron chi connectivity index (χ4n) is 4.70. The molecule has 3 rings (SSSR count). The number of amides is 1. The van der Waals surface area contributed by atoms with Gasteiger partial charge >= 0.3 is 6.18 Å². The zero-order valence-electron chi connectivity index (χ0n) is 22.6. The number of hydrogen-bond donors (Lipinski definition) is 1. The highest BCUT2D eigenvalue weighted by Crippen LogP contribution is 2.22. The van der Waals surface area contributed by atoms with Crippen molar-refractivity contribution in [2.45, 2.75) is 70.0 Å². The summed E-state index contributed by atoms with van der Waals surface area (Å²) in [6.45, 7) is 2.81. The zero-order chi connectivity index (χ0) is 28.1. The lowest BCUT2D eigenvalue weighted by atomic mass is 10.0. The molecule has 1 aliphatic heterocycles. The van der Waals surface area contributed by atoms with E-state index in [0.717, 1.165) is 38.0 Å². The molecule has 1 atom stereocenters. The van der Waals surface area contributed by atoms with E-state index in [2.05, 4.69) is 10.2 Å². The van der Waals surface area contributed by atoms with Crippen LogP contribution < -0.4 is 14.8 Å². The summed E-state index contributed by atoms with van der Waals surface area (Å²) in [5.74, 6) is 1.26. The molecule has 1 fully saturated rings. The van der Waals surface area contributed by atoms with E-state index in [1.165, 1.54) is 0 Å². The molecule has 1 heterocycles. The number of nitrogens with one attached hydrogen (secondary N) is 1. The summed E-state index contributed by atoms with van der Waals surface area (Å²) in [6.07, 6.45) is -0.134. The summed E-state index contributed by atoms with van der Waals surface area (Å²) in [6, 6.07) is 14.3. The lowest BCUT2D eigenvalue weighted by molar-refractivity contribution is -0.136. The van der Waals surface area contributed by atoms with Gasteiger partial charge in [0.05, 0.1) is 13.7 Å². The maximum absolute atomic E-state index is 12.7. The minimum atomic E-state index is -4.17. The molecule has 39 heavy (non-hydrogen) atoms. The van der Waals surface area contributed by atoms with Crippen LogP contribution in [0.5, 0.6) is 11.5 Å². The predicted octanol–water partition coefficient (Wildman–Crippen LogP) is 5.98. The Balaban J connectivity index is 1.43. The fourth-order valence-corrected chi connectivity index (χ4v) is 4.70. The number of Topliss-reactive ketones (excluding diaryl/α,β-unsaturated/α-hetero) is 1. The van der Waals surface area contributed by atoms with Gasteiger partial charge in [0.15, 0.2) is 5.78 Å². The fraction of sp³-hybridized carbons (Fsp3) is 0.533. The summed E-state index contributed by atoms with van der Waals surface area (Å²) in [5.41, 5.74) is 1.66. The highest BCUT2D eigenvalue weighted by Gasteiger charge is 2.26. The van der Waals surface area contributed by atoms with Crippen molar-refractivity contribution in [1.29, 1.82) is 0 Å². The van der Waals surface area contributed by atoms with Crippen LogP contribution in [0.25, 0.3) is 0 Å². The largest absolute Gasteiger partial charge is 0.497 e. The van der Waals surface area contributed by atoms with Gasteiger partial charge in [-0.3, -0.25) is 9.59 Å². The van der Waals surface area contributed by atoms with Crippen molar-refractivity contribution in [2.75, 3.05) is 33.4 Å². The number of ether oxygens (including phenoxy) is 2. The summed E-state index contributed by atoms with van der Waals surface area (Å²) in [5, 5.41) is 3.18. The molecular weight excluding hydrogens is 509 g/mol. The molecule has 2 aromatic rings. The first-order valence-electron chi connectivity index (χ1n) is 13.7. The summed E-state index contributed by atoms with van der Waals surface area (Å²) < 4.78 is 47.4. The molecule has 0 spiro atoms. The molecular formula is C30H39F3N2O4. The molecule has 1 aliphatic rings. The van der Waals surface area contributed by atoms with Gasteiger partial charge in [0.25, 0.3) is 0 Å². The number of halogens is 3. The first kappa shape index (κ1) is 30.5. The van der Waals surface area contributed by atoms with Crippen molar-refractivity contribution < 1.29 is 32.2 Å². The van der Waals surface area contributed by atoms with Crippen LogP contribution in [0.3, 0.4) is 0 Å². The SMILES string of the molecule is COc1ccc(C(=O)CCCCC(=O)N[C@@H](Cc2ccc(OCCCC(F)(F)F)cc2)CN2CCCC2)cc1. The second-order valence-electron chi connectivity index (χ2n) is 10.0. The van der Waals surface area contributed by atoms with E-state index >= 15 is 0 Å². The Bertz CT molecular complexity index is 1020. The number of methoxy groups -OCH3 is 1. The van der Waals surface area contributed by atoms with Crippen LogP contribution in [0.15, 0.2) is 48.5 Å². The minimum absolute atomic E-state index is 0.0121. The van der Waals surface area contributed by atoms with Crippen molar-refractivity contribution in [1.82, 2.24) is 10.2 Å². The molecule has 1 saturated heterocycles. The van der Waals surface area contributed by atoms with Gasteiger partial charge in [0, 0.05) is 37.4 Å². The number of unbranched alkanes of at least 4 members (excludes halogenated alkanes) is 1. The van der Waals surface area contributed by atoms with E-state index in [9.17, 15) is 22.8 Å². The van der Waals surface area contributed by atoms with E-state index in [4.69, 9.17) is 9.47 Å². The first-order valence-corrected chi connectivity index (χ1v) is 13.7. The van der Waals surface area contributed by atoms with Crippen molar-refractivity contribution >= 4 is 11.7 Å². The summed E-state index contributed by atoms with van der Waals surface area (Å²) in [4.78, 5) is 27.5. The Morgan fingerprint density at radius 2 is 1.56 bits per heavy atom. The number of carbonyl (C=O) groups excluding carboxylic acids is 2. The molecule has 0 bridgehead atoms. The lowest BCUT2D eigenvalue weighted by Crippen LogP contribution is -2.44. The predicted molar refractivity (Wildman–Crippen MR) is 144 cm³/mol. The highest BCUT2D eigenvalue weighted by atomic mass is 19.4. The van der Waals surface area contributed by atoms with Gasteiger partial charge in [-0.1, -0.05) is 12.1 Å². The third kappa shape index (κ3) is 11.7. The number of benzene rings is 2. The molecule has 0 unspecified atom stereocenters. The highest BCUT2D eigenvalue weighted by molar-refractivity contribution is 5.96. The van der Waals surface area contributed by atoms with Crippen LogP contribution in [0.1, 0.15) is 67.3 Å². The van der Waals surface area contributed by atoms with Crippen LogP contribution in [-0.2, 0) is 11.2 Å². The Hall–Kier alpha value is -3.07. The topological polar surface area (TPSA) is 67.9 Å². The molecule has 214 valence electrons. The number of carbonyl (C=O) groups is 2. The van der Waals surface area contributed by atoms with Crippen molar-refractivity contribution in [2.24, 2.45) is 0 Å². The molecule has 6 nitrogen and oxygen atoms in total. The molecule has 1 N–H and O–H groups in total. The molecule has 0 saturated carbocycles. The first-order chi connectivity index (χ1) is 18.7. The smallest absolute Gasteiger partial charge is 0.389 e. The standard InChI is InChI=1S/C30H39F3N2O4/c1-38-26-15-11-24(12-16-26)28(36)7-2-3-8-29(37)34-25(22-35-18-4-5-19-35)21-23-9-13-27(14-10-23)39-20-6-17-30(31,32)33/h9-16,25H,2-8,17-22H2,1H3,(H,34,37)/t25-/m0/s1. The summed E-state index contributed by atoms with van der Waals surface area (Å²) in [7, 11) is 1.58. The van der Waals surface area contributed by atoms with Crippen LogP contribution in [0, 0.1) is 0 Å². The summed E-state index contributed by atoms with van der Waals surface area (Å²) >= 11 is 0. The number of nitrogens with zero attached hydrogens (tertiary/aromatic N) is 1. The van der Waals surface area contributed by atoms with E-state index in [0.29, 0.717) is 49.2 Å². The van der Waals surface area contributed by atoms with Gasteiger partial charge in [-0.05, 0) is 93.6 Å². The maximum atomic E-state index is 12.7. The number of hydrogen-bond acceptors (Lipinski definition) is 5. The number of alkyl halides is 3. The van der Waals surface area contributed by atoms with Crippen molar-refractivity contribution in [3.63, 3.8) is 0 Å². The molecule has 9 heteroatoms. The van der Waals surface area contributed by atoms with Gasteiger partial charge in [0.1, 0.15) is 11.5 Å². The van der Waals surface area contributed by atoms with Crippen LogP contribution >= 0.6 is 0 Å². The second-order valence-corrected chi connectivity index (χ2v) is 10.0. The lowest BCUT2D eigenvalue weighted by Gasteiger charge is -2.25. The number of likely N-dealkylation sites (tertiary alicyclic amines) is 1. The Morgan fingerprint density at radius 3 is 2.21 bits per heavy atom. The maximum Gasteiger partial charge on any atom is 0.389 e. The van der Waals surface area contributed by atoms with Crippen LogP contribution in [0.2, 0.25) is 0 Å². The average Bonchev–Trinajstić information content (AvgIpc) is 3.42. The van der Waals surface area contributed by atoms with Gasteiger partial charge in [-0.15, -0.1) is 0 Å². The van der Waals surface area contributed by atoms with Crippen LogP contribution in [-0.4, -0.2) is 62.2 Å².